The van der Waals surface area contributed by atoms with Crippen molar-refractivity contribution in [3.05, 3.63) is 26.6 Å². The average Bonchev–Trinajstić information content (AvgIpc) is 2.33. The van der Waals surface area contributed by atoms with E-state index in [1.54, 1.807) is 26.0 Å². The molecule has 0 heterocycles. The predicted octanol–water partition coefficient (Wildman–Crippen LogP) is 3.54. The number of phenols is 1. The van der Waals surface area contributed by atoms with Gasteiger partial charge in [0.15, 0.2) is 0 Å². The Morgan fingerprint density at radius 3 is 2.32 bits per heavy atom. The van der Waals surface area contributed by atoms with Gasteiger partial charge >= 0.3 is 5.97 Å². The van der Waals surface area contributed by atoms with Crippen LogP contribution in [0.15, 0.2) is 21.1 Å². The van der Waals surface area contributed by atoms with E-state index < -0.39 is 17.4 Å². The molecule has 1 aromatic carbocycles. The van der Waals surface area contributed by atoms with Gasteiger partial charge in [-0.1, -0.05) is 15.9 Å². The number of phenolic OH excluding ortho intramolecular Hbond substituents is 1. The van der Waals surface area contributed by atoms with Crippen LogP contribution >= 0.6 is 44.3 Å². The second-order valence-electron chi connectivity index (χ2n) is 4.48. The highest BCUT2D eigenvalue weighted by Gasteiger charge is 2.39. The number of esters is 1. The van der Waals surface area contributed by atoms with Crippen LogP contribution in [0.1, 0.15) is 25.5 Å². The van der Waals surface area contributed by atoms with Gasteiger partial charge < -0.3 is 15.6 Å². The number of benzene rings is 1. The molecule has 19 heavy (non-hydrogen) atoms. The van der Waals surface area contributed by atoms with Crippen molar-refractivity contribution in [1.29, 1.82) is 0 Å². The maximum absolute atomic E-state index is 11.7. The van der Waals surface area contributed by atoms with Crippen LogP contribution in [-0.2, 0) is 9.53 Å². The van der Waals surface area contributed by atoms with Crippen molar-refractivity contribution in [2.75, 3.05) is 7.11 Å². The summed E-state index contributed by atoms with van der Waals surface area (Å²) < 4.78 is 5.91. The summed E-state index contributed by atoms with van der Waals surface area (Å²) in [7, 11) is 1.31. The van der Waals surface area contributed by atoms with Crippen molar-refractivity contribution in [3.63, 3.8) is 0 Å². The zero-order valence-electron chi connectivity index (χ0n) is 10.7. The molecule has 1 aromatic rings. The van der Waals surface area contributed by atoms with E-state index in [0.717, 1.165) is 0 Å². The summed E-state index contributed by atoms with van der Waals surface area (Å²) in [4.78, 5) is 11.7. The minimum atomic E-state index is -0.949. The van der Waals surface area contributed by atoms with Crippen molar-refractivity contribution in [2.24, 2.45) is 11.1 Å². The lowest BCUT2D eigenvalue weighted by Crippen LogP contribution is -2.37. The molecule has 0 aliphatic heterocycles. The van der Waals surface area contributed by atoms with Gasteiger partial charge in [0.1, 0.15) is 5.75 Å². The number of methoxy groups -OCH3 is 1. The number of ether oxygens (including phenoxy) is 1. The highest BCUT2D eigenvalue weighted by Crippen LogP contribution is 2.43. The lowest BCUT2D eigenvalue weighted by Gasteiger charge is -2.30. The Hall–Kier alpha value is -0.300. The summed E-state index contributed by atoms with van der Waals surface area (Å²) >= 11 is 6.56. The van der Waals surface area contributed by atoms with E-state index in [9.17, 15) is 9.90 Å². The number of hydrogen-bond acceptors (Lipinski definition) is 4. The molecule has 0 aromatic heterocycles. The molecule has 7 heteroatoms. The van der Waals surface area contributed by atoms with Gasteiger partial charge in [-0.2, -0.15) is 0 Å². The minimum Gasteiger partial charge on any atom is -0.506 e. The molecule has 0 fully saturated rings. The maximum Gasteiger partial charge on any atom is 0.313 e. The van der Waals surface area contributed by atoms with Gasteiger partial charge in [-0.15, -0.1) is 12.4 Å². The van der Waals surface area contributed by atoms with E-state index in [-0.39, 0.29) is 18.2 Å². The normalized spacial score (nSPS) is 12.5. The maximum atomic E-state index is 11.7. The third kappa shape index (κ3) is 3.62. The molecule has 0 amide bonds. The van der Waals surface area contributed by atoms with E-state index in [1.807, 2.05) is 0 Å². The van der Waals surface area contributed by atoms with Crippen molar-refractivity contribution in [1.82, 2.24) is 0 Å². The Labute approximate surface area is 135 Å². The quantitative estimate of drug-likeness (QED) is 0.738. The monoisotopic (exact) mass is 415 g/mol. The standard InChI is InChI=1S/C12H15Br2NO3.ClH/c1-12(2,11(17)18-3)10(15)8-6(13)4-5-7(14)9(8)16;/h4-5,10,16H,15H2,1-3H3;1H/t10-;/m0./s1. The first-order valence-corrected chi connectivity index (χ1v) is 6.83. The van der Waals surface area contributed by atoms with Crippen molar-refractivity contribution >= 4 is 50.2 Å². The largest absolute Gasteiger partial charge is 0.506 e. The number of rotatable bonds is 3. The fraction of sp³-hybridized carbons (Fsp3) is 0.417. The van der Waals surface area contributed by atoms with Gasteiger partial charge in [0.2, 0.25) is 0 Å². The molecule has 0 bridgehead atoms. The summed E-state index contributed by atoms with van der Waals surface area (Å²) in [5, 5.41) is 10.1. The average molecular weight is 418 g/mol. The van der Waals surface area contributed by atoms with Gasteiger partial charge in [-0.3, -0.25) is 4.79 Å². The van der Waals surface area contributed by atoms with E-state index in [4.69, 9.17) is 10.5 Å². The third-order valence-corrected chi connectivity index (χ3v) is 4.25. The first kappa shape index (κ1) is 18.7. The molecular weight excluding hydrogens is 401 g/mol. The molecule has 0 spiro atoms. The molecule has 0 saturated carbocycles. The smallest absolute Gasteiger partial charge is 0.313 e. The van der Waals surface area contributed by atoms with Gasteiger partial charge in [0, 0.05) is 10.0 Å². The SMILES string of the molecule is COC(=O)C(C)(C)[C@@H](N)c1c(Br)ccc(Br)c1O.Cl. The minimum absolute atomic E-state index is 0. The molecule has 0 aliphatic rings. The van der Waals surface area contributed by atoms with Crippen LogP contribution in [0.4, 0.5) is 0 Å². The lowest BCUT2D eigenvalue weighted by molar-refractivity contribution is -0.152. The Morgan fingerprint density at radius 2 is 1.84 bits per heavy atom. The number of aromatic hydroxyl groups is 1. The van der Waals surface area contributed by atoms with Crippen molar-refractivity contribution < 1.29 is 14.6 Å². The van der Waals surface area contributed by atoms with Crippen LogP contribution in [-0.4, -0.2) is 18.2 Å². The van der Waals surface area contributed by atoms with Crippen LogP contribution in [0, 0.1) is 5.41 Å². The molecule has 0 radical (unpaired) electrons. The summed E-state index contributed by atoms with van der Waals surface area (Å²) in [6.45, 7) is 3.35. The van der Waals surface area contributed by atoms with Crippen LogP contribution in [0.5, 0.6) is 5.75 Å². The summed E-state index contributed by atoms with van der Waals surface area (Å²) in [5.41, 5.74) is 5.63. The topological polar surface area (TPSA) is 72.5 Å². The molecule has 1 rings (SSSR count). The van der Waals surface area contributed by atoms with Crippen LogP contribution in [0.3, 0.4) is 0 Å². The van der Waals surface area contributed by atoms with E-state index in [1.165, 1.54) is 7.11 Å². The number of carbonyl (C=O) groups is 1. The zero-order valence-corrected chi connectivity index (χ0v) is 14.7. The Bertz CT molecular complexity index is 480. The fourth-order valence-corrected chi connectivity index (χ4v) is 2.52. The molecule has 0 saturated heterocycles. The van der Waals surface area contributed by atoms with E-state index in [0.29, 0.717) is 14.5 Å². The number of halogens is 3. The van der Waals surface area contributed by atoms with Crippen LogP contribution < -0.4 is 5.73 Å². The Morgan fingerprint density at radius 1 is 1.37 bits per heavy atom. The second kappa shape index (κ2) is 6.92. The number of carbonyl (C=O) groups excluding carboxylic acids is 1. The Kier molecular flexibility index (Phi) is 6.82. The van der Waals surface area contributed by atoms with Crippen molar-refractivity contribution in [2.45, 2.75) is 19.9 Å². The van der Waals surface area contributed by atoms with Gasteiger partial charge in [0.25, 0.3) is 0 Å². The molecular formula is C12H16Br2ClNO3. The third-order valence-electron chi connectivity index (χ3n) is 2.91. The van der Waals surface area contributed by atoms with Crippen LogP contribution in [0.2, 0.25) is 0 Å². The second-order valence-corrected chi connectivity index (χ2v) is 6.19. The summed E-state index contributed by atoms with van der Waals surface area (Å²) in [6.07, 6.45) is 0. The van der Waals surface area contributed by atoms with Gasteiger partial charge in [-0.25, -0.2) is 0 Å². The molecule has 3 N–H and O–H groups in total. The van der Waals surface area contributed by atoms with Crippen molar-refractivity contribution in [3.8, 4) is 5.75 Å². The highest BCUT2D eigenvalue weighted by molar-refractivity contribution is 9.11. The van der Waals surface area contributed by atoms with Gasteiger partial charge in [-0.05, 0) is 41.9 Å². The number of hydrogen-bond donors (Lipinski definition) is 2. The Balaban J connectivity index is 0.00000324. The summed E-state index contributed by atoms with van der Waals surface area (Å²) in [5.74, 6) is -0.407. The first-order chi connectivity index (χ1) is 8.23. The number of nitrogens with two attached hydrogens (primary N) is 1. The molecule has 108 valence electrons. The van der Waals surface area contributed by atoms with Gasteiger partial charge in [0.05, 0.1) is 23.0 Å². The van der Waals surface area contributed by atoms with E-state index in [2.05, 4.69) is 31.9 Å². The predicted molar refractivity (Wildman–Crippen MR) is 83.5 cm³/mol. The summed E-state index contributed by atoms with van der Waals surface area (Å²) in [6, 6.07) is 2.75. The van der Waals surface area contributed by atoms with E-state index >= 15 is 0 Å². The molecule has 1 atom stereocenters. The zero-order chi connectivity index (χ0) is 14.1. The lowest BCUT2D eigenvalue weighted by atomic mass is 9.80. The highest BCUT2D eigenvalue weighted by atomic mass is 79.9. The molecule has 0 unspecified atom stereocenters. The molecule has 0 aliphatic carbocycles. The van der Waals surface area contributed by atoms with Crippen LogP contribution in [0.25, 0.3) is 0 Å². The molecule has 4 nitrogen and oxygen atoms in total. The first-order valence-electron chi connectivity index (χ1n) is 5.24. The fourth-order valence-electron chi connectivity index (χ4n) is 1.60.